The number of hydrogen-bond acceptors (Lipinski definition) is 4. The molecule has 152 valence electrons. The van der Waals surface area contributed by atoms with Crippen molar-refractivity contribution in [2.75, 3.05) is 5.75 Å². The van der Waals surface area contributed by atoms with Gasteiger partial charge in [0.25, 0.3) is 5.56 Å². The van der Waals surface area contributed by atoms with E-state index in [1.54, 1.807) is 13.1 Å². The number of aryl methyl sites for hydroxylation is 1. The fraction of sp³-hybridized carbons (Fsp3) is 0.174. The summed E-state index contributed by atoms with van der Waals surface area (Å²) in [6, 6.07) is 19.4. The Kier molecular flexibility index (Phi) is 5.72. The van der Waals surface area contributed by atoms with E-state index < -0.39 is 0 Å². The first kappa shape index (κ1) is 20.0. The van der Waals surface area contributed by atoms with Crippen LogP contribution in [0.2, 0.25) is 0 Å². The van der Waals surface area contributed by atoms with E-state index in [4.69, 9.17) is 0 Å². The lowest BCUT2D eigenvalue weighted by Gasteiger charge is -2.11. The Hall–Kier alpha value is -3.32. The van der Waals surface area contributed by atoms with E-state index in [2.05, 4.69) is 11.6 Å². The Labute approximate surface area is 178 Å². The Morgan fingerprint density at radius 3 is 2.07 bits per heavy atom. The van der Waals surface area contributed by atoms with Crippen LogP contribution in [0.25, 0.3) is 11.2 Å². The SMILES string of the molecule is C=CCSc1nc2c(c(=O)n(Cc3ccccc3)c(=O)n2C)n1Cc1ccccc1. The molecule has 0 atom stereocenters. The molecule has 4 rings (SSSR count). The summed E-state index contributed by atoms with van der Waals surface area (Å²) < 4.78 is 4.64. The quantitative estimate of drug-likeness (QED) is 0.341. The largest absolute Gasteiger partial charge is 0.332 e. The first-order chi connectivity index (χ1) is 14.6. The second kappa shape index (κ2) is 8.59. The van der Waals surface area contributed by atoms with Crippen LogP contribution >= 0.6 is 11.8 Å². The van der Waals surface area contributed by atoms with Crippen LogP contribution in [0.4, 0.5) is 0 Å². The number of rotatable bonds is 7. The molecule has 2 heterocycles. The van der Waals surface area contributed by atoms with Crippen molar-refractivity contribution in [2.24, 2.45) is 7.05 Å². The van der Waals surface area contributed by atoms with Crippen LogP contribution < -0.4 is 11.2 Å². The first-order valence-electron chi connectivity index (χ1n) is 9.61. The summed E-state index contributed by atoms with van der Waals surface area (Å²) in [5.41, 5.74) is 2.08. The Balaban J connectivity index is 1.93. The fourth-order valence-electron chi connectivity index (χ4n) is 3.41. The summed E-state index contributed by atoms with van der Waals surface area (Å²) >= 11 is 1.50. The van der Waals surface area contributed by atoms with Crippen molar-refractivity contribution in [3.8, 4) is 0 Å². The molecule has 0 aliphatic rings. The molecule has 30 heavy (non-hydrogen) atoms. The Bertz CT molecular complexity index is 1300. The standard InChI is InChI=1S/C23H22N4O2S/c1-3-14-30-22-24-20-19(26(22)15-17-10-6-4-7-11-17)21(28)27(23(29)25(20)2)16-18-12-8-5-9-13-18/h3-13H,1,14-16H2,2H3. The highest BCUT2D eigenvalue weighted by Gasteiger charge is 2.20. The number of nitrogens with zero attached hydrogens (tertiary/aromatic N) is 4. The molecule has 0 saturated carbocycles. The Morgan fingerprint density at radius 2 is 1.50 bits per heavy atom. The third-order valence-electron chi connectivity index (χ3n) is 4.89. The van der Waals surface area contributed by atoms with E-state index in [0.717, 1.165) is 11.1 Å². The van der Waals surface area contributed by atoms with Crippen molar-refractivity contribution >= 4 is 22.9 Å². The Morgan fingerprint density at radius 1 is 0.933 bits per heavy atom. The summed E-state index contributed by atoms with van der Waals surface area (Å²) in [7, 11) is 1.66. The molecule has 2 aromatic carbocycles. The highest BCUT2D eigenvalue weighted by molar-refractivity contribution is 7.99. The van der Waals surface area contributed by atoms with Crippen molar-refractivity contribution in [1.82, 2.24) is 18.7 Å². The maximum Gasteiger partial charge on any atom is 0.332 e. The van der Waals surface area contributed by atoms with Crippen LogP contribution in [0.15, 0.2) is 88.1 Å². The number of hydrogen-bond donors (Lipinski definition) is 0. The summed E-state index contributed by atoms with van der Waals surface area (Å²) in [5.74, 6) is 0.657. The third kappa shape index (κ3) is 3.76. The van der Waals surface area contributed by atoms with Gasteiger partial charge in [-0.25, -0.2) is 9.78 Å². The lowest BCUT2D eigenvalue weighted by molar-refractivity contribution is 0.651. The van der Waals surface area contributed by atoms with E-state index in [1.807, 2.05) is 65.2 Å². The molecule has 0 amide bonds. The molecular formula is C23H22N4O2S. The van der Waals surface area contributed by atoms with Gasteiger partial charge in [0.2, 0.25) is 0 Å². The number of benzene rings is 2. The molecule has 0 spiro atoms. The average molecular weight is 419 g/mol. The van der Waals surface area contributed by atoms with Crippen LogP contribution in [0.3, 0.4) is 0 Å². The van der Waals surface area contributed by atoms with E-state index in [0.29, 0.717) is 28.6 Å². The zero-order chi connectivity index (χ0) is 21.1. The van der Waals surface area contributed by atoms with Gasteiger partial charge in [-0.2, -0.15) is 0 Å². The molecule has 2 aromatic heterocycles. The number of aromatic nitrogens is 4. The van der Waals surface area contributed by atoms with E-state index >= 15 is 0 Å². The highest BCUT2D eigenvalue weighted by atomic mass is 32.2. The van der Waals surface area contributed by atoms with Crippen LogP contribution in [0, 0.1) is 0 Å². The molecule has 0 aliphatic carbocycles. The van der Waals surface area contributed by atoms with Gasteiger partial charge in [0.1, 0.15) is 0 Å². The predicted molar refractivity (Wildman–Crippen MR) is 121 cm³/mol. The highest BCUT2D eigenvalue weighted by Crippen LogP contribution is 2.23. The van der Waals surface area contributed by atoms with Crippen molar-refractivity contribution in [3.63, 3.8) is 0 Å². The molecule has 7 heteroatoms. The second-order valence-corrected chi connectivity index (χ2v) is 7.94. The molecular weight excluding hydrogens is 396 g/mol. The van der Waals surface area contributed by atoms with Gasteiger partial charge in [-0.3, -0.25) is 13.9 Å². The minimum Gasteiger partial charge on any atom is -0.309 e. The maximum atomic E-state index is 13.5. The molecule has 4 aromatic rings. The average Bonchev–Trinajstić information content (AvgIpc) is 3.13. The minimum atomic E-state index is -0.374. The van der Waals surface area contributed by atoms with Crippen LogP contribution in [-0.4, -0.2) is 24.4 Å². The maximum absolute atomic E-state index is 13.5. The van der Waals surface area contributed by atoms with Gasteiger partial charge in [-0.05, 0) is 11.1 Å². The topological polar surface area (TPSA) is 61.8 Å². The first-order valence-corrected chi connectivity index (χ1v) is 10.6. The molecule has 0 radical (unpaired) electrons. The number of fused-ring (bicyclic) bond motifs is 1. The van der Waals surface area contributed by atoms with Crippen LogP contribution in [0.5, 0.6) is 0 Å². The van der Waals surface area contributed by atoms with Crippen molar-refractivity contribution in [2.45, 2.75) is 18.2 Å². The summed E-state index contributed by atoms with van der Waals surface area (Å²) in [5, 5.41) is 0.693. The van der Waals surface area contributed by atoms with Crippen LogP contribution in [0.1, 0.15) is 11.1 Å². The molecule has 0 N–H and O–H groups in total. The molecule has 0 unspecified atom stereocenters. The zero-order valence-electron chi connectivity index (χ0n) is 16.7. The van der Waals surface area contributed by atoms with E-state index in [-0.39, 0.29) is 17.8 Å². The van der Waals surface area contributed by atoms with Gasteiger partial charge in [-0.1, -0.05) is 78.5 Å². The monoisotopic (exact) mass is 418 g/mol. The third-order valence-corrected chi connectivity index (χ3v) is 5.87. The molecule has 0 fully saturated rings. The minimum absolute atomic E-state index is 0.216. The number of imidazole rings is 1. The fourth-order valence-corrected chi connectivity index (χ4v) is 4.14. The summed E-state index contributed by atoms with van der Waals surface area (Å²) in [6.45, 7) is 4.49. The smallest absolute Gasteiger partial charge is 0.309 e. The van der Waals surface area contributed by atoms with Crippen molar-refractivity contribution in [3.05, 3.63) is 105 Å². The zero-order valence-corrected chi connectivity index (χ0v) is 17.5. The predicted octanol–water partition coefficient (Wildman–Crippen LogP) is 3.27. The summed E-state index contributed by atoms with van der Waals surface area (Å²) in [6.07, 6.45) is 1.80. The van der Waals surface area contributed by atoms with E-state index in [9.17, 15) is 9.59 Å². The molecule has 0 bridgehead atoms. The van der Waals surface area contributed by atoms with Crippen LogP contribution in [-0.2, 0) is 20.1 Å². The second-order valence-electron chi connectivity index (χ2n) is 6.96. The van der Waals surface area contributed by atoms with Gasteiger partial charge in [-0.15, -0.1) is 6.58 Å². The van der Waals surface area contributed by atoms with Gasteiger partial charge in [0.05, 0.1) is 13.1 Å². The van der Waals surface area contributed by atoms with Gasteiger partial charge >= 0.3 is 5.69 Å². The lowest BCUT2D eigenvalue weighted by atomic mass is 10.2. The molecule has 0 saturated heterocycles. The number of thioether (sulfide) groups is 1. The van der Waals surface area contributed by atoms with E-state index in [1.165, 1.54) is 20.9 Å². The molecule has 0 aliphatic heterocycles. The van der Waals surface area contributed by atoms with Gasteiger partial charge in [0, 0.05) is 12.8 Å². The van der Waals surface area contributed by atoms with Gasteiger partial charge < -0.3 is 4.57 Å². The van der Waals surface area contributed by atoms with Crippen molar-refractivity contribution in [1.29, 1.82) is 0 Å². The lowest BCUT2D eigenvalue weighted by Crippen LogP contribution is -2.40. The van der Waals surface area contributed by atoms with Crippen molar-refractivity contribution < 1.29 is 0 Å². The van der Waals surface area contributed by atoms with Gasteiger partial charge in [0.15, 0.2) is 16.3 Å². The molecule has 6 nitrogen and oxygen atoms in total. The normalized spacial score (nSPS) is 11.1. The summed E-state index contributed by atoms with van der Waals surface area (Å²) in [4.78, 5) is 31.1.